The summed E-state index contributed by atoms with van der Waals surface area (Å²) in [7, 11) is -3.74. The van der Waals surface area contributed by atoms with E-state index < -0.39 is 10.0 Å². The number of nitrogens with one attached hydrogen (secondary N) is 2. The third-order valence-electron chi connectivity index (χ3n) is 2.31. The first-order valence-electron chi connectivity index (χ1n) is 5.12. The van der Waals surface area contributed by atoms with E-state index in [2.05, 4.69) is 14.7 Å². The maximum Gasteiger partial charge on any atom is 0.264 e. The summed E-state index contributed by atoms with van der Waals surface area (Å²) in [6.07, 6.45) is 2.64. The van der Waals surface area contributed by atoms with Gasteiger partial charge in [-0.05, 0) is 24.6 Å². The molecule has 18 heavy (non-hydrogen) atoms. The maximum absolute atomic E-state index is 12.0. The predicted molar refractivity (Wildman–Crippen MR) is 66.8 cm³/mol. The molecule has 0 aliphatic carbocycles. The summed E-state index contributed by atoms with van der Waals surface area (Å²) < 4.78 is 26.3. The van der Waals surface area contributed by atoms with Crippen molar-refractivity contribution in [3.8, 4) is 0 Å². The van der Waals surface area contributed by atoms with Crippen molar-refractivity contribution in [3.05, 3.63) is 52.6 Å². The fourth-order valence-electron chi connectivity index (χ4n) is 1.34. The van der Waals surface area contributed by atoms with E-state index in [9.17, 15) is 13.2 Å². The lowest BCUT2D eigenvalue weighted by Gasteiger charge is -2.08. The molecule has 6 nitrogen and oxygen atoms in total. The molecule has 0 fully saturated rings. The second-order valence-electron chi connectivity index (χ2n) is 3.66. The van der Waals surface area contributed by atoms with Crippen LogP contribution in [-0.4, -0.2) is 18.4 Å². The molecule has 0 radical (unpaired) electrons. The molecular weight excluding hydrogens is 254 g/mol. The molecule has 0 aliphatic rings. The van der Waals surface area contributed by atoms with E-state index in [-0.39, 0.29) is 16.3 Å². The molecule has 0 saturated heterocycles. The van der Waals surface area contributed by atoms with Crippen LogP contribution in [0.4, 0.5) is 5.82 Å². The molecule has 0 amide bonds. The summed E-state index contributed by atoms with van der Waals surface area (Å²) in [6, 6.07) is 5.85. The maximum atomic E-state index is 12.0. The zero-order chi connectivity index (χ0) is 13.2. The number of nitrogens with zero attached hydrogens (tertiary/aromatic N) is 1. The third-order valence-corrected chi connectivity index (χ3v) is 3.64. The van der Waals surface area contributed by atoms with Gasteiger partial charge in [-0.25, -0.2) is 13.4 Å². The zero-order valence-corrected chi connectivity index (χ0v) is 10.4. The van der Waals surface area contributed by atoms with E-state index in [4.69, 9.17) is 0 Å². The number of H-pyrrole nitrogens is 1. The molecule has 0 aromatic carbocycles. The van der Waals surface area contributed by atoms with Crippen LogP contribution in [0.15, 0.2) is 46.3 Å². The first-order chi connectivity index (χ1) is 8.49. The van der Waals surface area contributed by atoms with Gasteiger partial charge in [0, 0.05) is 18.5 Å². The molecule has 94 valence electrons. The molecule has 2 rings (SSSR count). The van der Waals surface area contributed by atoms with Crippen LogP contribution in [0, 0.1) is 6.92 Å². The van der Waals surface area contributed by atoms with Crippen molar-refractivity contribution in [2.75, 3.05) is 4.72 Å². The van der Waals surface area contributed by atoms with Gasteiger partial charge in [0.1, 0.15) is 10.7 Å². The Balaban J connectivity index is 2.36. The molecule has 2 heterocycles. The van der Waals surface area contributed by atoms with Crippen LogP contribution in [-0.2, 0) is 10.0 Å². The number of aromatic nitrogens is 2. The van der Waals surface area contributed by atoms with Crippen molar-refractivity contribution in [1.82, 2.24) is 9.97 Å². The van der Waals surface area contributed by atoms with E-state index in [1.807, 2.05) is 0 Å². The van der Waals surface area contributed by atoms with Crippen molar-refractivity contribution in [3.63, 3.8) is 0 Å². The van der Waals surface area contributed by atoms with E-state index in [0.717, 1.165) is 12.3 Å². The number of hydrogen-bond donors (Lipinski definition) is 2. The average Bonchev–Trinajstić information content (AvgIpc) is 2.32. The van der Waals surface area contributed by atoms with Crippen molar-refractivity contribution in [2.45, 2.75) is 11.8 Å². The van der Waals surface area contributed by atoms with Gasteiger partial charge in [-0.1, -0.05) is 6.07 Å². The second-order valence-corrected chi connectivity index (χ2v) is 5.35. The number of aromatic amines is 1. The highest BCUT2D eigenvalue weighted by Crippen LogP contribution is 2.15. The molecule has 7 heteroatoms. The predicted octanol–water partition coefficient (Wildman–Crippen LogP) is 0.879. The minimum absolute atomic E-state index is 0.0212. The summed E-state index contributed by atoms with van der Waals surface area (Å²) in [5, 5.41) is 0. The van der Waals surface area contributed by atoms with Crippen LogP contribution in [0.5, 0.6) is 0 Å². The number of rotatable bonds is 3. The summed E-state index contributed by atoms with van der Waals surface area (Å²) in [5.41, 5.74) is 0.355. The van der Waals surface area contributed by atoms with Gasteiger partial charge in [-0.2, -0.15) is 0 Å². The van der Waals surface area contributed by atoms with Gasteiger partial charge in [-0.15, -0.1) is 0 Å². The second kappa shape index (κ2) is 4.61. The number of aryl methyl sites for hydroxylation is 1. The highest BCUT2D eigenvalue weighted by molar-refractivity contribution is 7.92. The lowest BCUT2D eigenvalue weighted by molar-refractivity contribution is 0.600. The molecule has 0 saturated carbocycles. The van der Waals surface area contributed by atoms with Gasteiger partial charge in [0.25, 0.3) is 10.0 Å². The summed E-state index contributed by atoms with van der Waals surface area (Å²) in [6.45, 7) is 1.75. The number of sulfonamides is 1. The smallest absolute Gasteiger partial charge is 0.264 e. The minimum Gasteiger partial charge on any atom is -0.328 e. The quantitative estimate of drug-likeness (QED) is 0.861. The fourth-order valence-corrected chi connectivity index (χ4v) is 2.39. The first kappa shape index (κ1) is 12.3. The third kappa shape index (κ3) is 2.57. The number of pyridine rings is 2. The summed E-state index contributed by atoms with van der Waals surface area (Å²) >= 11 is 0. The molecule has 0 bridgehead atoms. The normalized spacial score (nSPS) is 11.2. The van der Waals surface area contributed by atoms with Crippen molar-refractivity contribution in [2.24, 2.45) is 0 Å². The van der Waals surface area contributed by atoms with E-state index in [0.29, 0.717) is 5.56 Å². The Morgan fingerprint density at radius 3 is 2.67 bits per heavy atom. The van der Waals surface area contributed by atoms with Crippen molar-refractivity contribution < 1.29 is 8.42 Å². The van der Waals surface area contributed by atoms with Gasteiger partial charge in [0.2, 0.25) is 5.56 Å². The van der Waals surface area contributed by atoms with Crippen molar-refractivity contribution >= 4 is 15.8 Å². The van der Waals surface area contributed by atoms with E-state index in [1.165, 1.54) is 12.3 Å². The molecule has 2 aromatic rings. The van der Waals surface area contributed by atoms with Gasteiger partial charge in [-0.3, -0.25) is 9.52 Å². The topological polar surface area (TPSA) is 91.9 Å². The van der Waals surface area contributed by atoms with Gasteiger partial charge >= 0.3 is 0 Å². The molecule has 0 atom stereocenters. The Morgan fingerprint density at radius 1 is 1.28 bits per heavy atom. The van der Waals surface area contributed by atoms with E-state index >= 15 is 0 Å². The van der Waals surface area contributed by atoms with Crippen LogP contribution < -0.4 is 10.3 Å². The molecule has 0 spiro atoms. The minimum atomic E-state index is -3.74. The van der Waals surface area contributed by atoms with Crippen LogP contribution in [0.3, 0.4) is 0 Å². The van der Waals surface area contributed by atoms with Gasteiger partial charge in [0.05, 0.1) is 0 Å². The molecule has 0 unspecified atom stereocenters. The Hall–Kier alpha value is -2.15. The Labute approximate surface area is 104 Å². The molecule has 0 aliphatic heterocycles. The Bertz CT molecular complexity index is 702. The Kier molecular flexibility index (Phi) is 3.15. The molecular formula is C11H11N3O3S. The first-order valence-corrected chi connectivity index (χ1v) is 6.60. The van der Waals surface area contributed by atoms with Crippen LogP contribution >= 0.6 is 0 Å². The molecule has 2 N–H and O–H groups in total. The van der Waals surface area contributed by atoms with E-state index in [1.54, 1.807) is 19.1 Å². The highest BCUT2D eigenvalue weighted by atomic mass is 32.2. The standard InChI is InChI=1S/C11H11N3O3S/c1-8-3-2-6-12-11(8)14-18(16,17)9-4-5-10(15)13-7-9/h2-7H,1H3,(H,12,14)(H,13,15). The number of hydrogen-bond acceptors (Lipinski definition) is 4. The van der Waals surface area contributed by atoms with Crippen LogP contribution in [0.1, 0.15) is 5.56 Å². The van der Waals surface area contributed by atoms with Gasteiger partial charge in [0.15, 0.2) is 0 Å². The number of anilines is 1. The SMILES string of the molecule is Cc1cccnc1NS(=O)(=O)c1ccc(=O)[nH]c1. The average molecular weight is 265 g/mol. The lowest BCUT2D eigenvalue weighted by Crippen LogP contribution is -2.16. The lowest BCUT2D eigenvalue weighted by atomic mass is 10.3. The summed E-state index contributed by atoms with van der Waals surface area (Å²) in [5.74, 6) is 0.267. The Morgan fingerprint density at radius 2 is 2.06 bits per heavy atom. The fraction of sp³-hybridized carbons (Fsp3) is 0.0909. The van der Waals surface area contributed by atoms with Crippen LogP contribution in [0.25, 0.3) is 0 Å². The van der Waals surface area contributed by atoms with Crippen LogP contribution in [0.2, 0.25) is 0 Å². The highest BCUT2D eigenvalue weighted by Gasteiger charge is 2.15. The van der Waals surface area contributed by atoms with Gasteiger partial charge < -0.3 is 4.98 Å². The molecule has 2 aromatic heterocycles. The largest absolute Gasteiger partial charge is 0.328 e. The van der Waals surface area contributed by atoms with Crippen molar-refractivity contribution in [1.29, 1.82) is 0 Å². The monoisotopic (exact) mass is 265 g/mol. The summed E-state index contributed by atoms with van der Waals surface area (Å²) in [4.78, 5) is 17.1. The zero-order valence-electron chi connectivity index (χ0n) is 9.54.